The number of benzene rings is 1. The first kappa shape index (κ1) is 16.4. The second kappa shape index (κ2) is 7.40. The van der Waals surface area contributed by atoms with Crippen LogP contribution < -0.4 is 10.9 Å². The van der Waals surface area contributed by atoms with Crippen molar-refractivity contribution in [3.8, 4) is 0 Å². The standard InChI is InChI=1S/C18H22N4O2/c1-13(14-5-3-2-4-6-14)22-11-9-15(10-12-22)19-18(24)16-7-8-17(23)21-20-16/h2-8,13,15H,9-12H2,1H3,(H,19,24)(H,21,23)/t13-/m0/s1. The Morgan fingerprint density at radius 2 is 1.92 bits per heavy atom. The summed E-state index contributed by atoms with van der Waals surface area (Å²) in [6.07, 6.45) is 1.82. The third kappa shape index (κ3) is 3.89. The highest BCUT2D eigenvalue weighted by Crippen LogP contribution is 2.24. The summed E-state index contributed by atoms with van der Waals surface area (Å²) in [7, 11) is 0. The Balaban J connectivity index is 1.52. The molecule has 2 aromatic rings. The normalized spacial score (nSPS) is 17.4. The molecule has 0 bridgehead atoms. The van der Waals surface area contributed by atoms with Crippen LogP contribution in [-0.4, -0.2) is 40.1 Å². The number of amides is 1. The Hall–Kier alpha value is -2.47. The van der Waals surface area contributed by atoms with Gasteiger partial charge in [-0.15, -0.1) is 0 Å². The largest absolute Gasteiger partial charge is 0.348 e. The molecule has 1 amide bonds. The zero-order chi connectivity index (χ0) is 16.9. The summed E-state index contributed by atoms with van der Waals surface area (Å²) in [5, 5.41) is 9.05. The van der Waals surface area contributed by atoms with Crippen LogP contribution in [0.5, 0.6) is 0 Å². The number of carbonyl (C=O) groups is 1. The molecular weight excluding hydrogens is 304 g/mol. The van der Waals surface area contributed by atoms with Gasteiger partial charge in [0, 0.05) is 31.2 Å². The van der Waals surface area contributed by atoms with Gasteiger partial charge >= 0.3 is 0 Å². The van der Waals surface area contributed by atoms with Crippen molar-refractivity contribution in [3.05, 3.63) is 64.1 Å². The maximum Gasteiger partial charge on any atom is 0.271 e. The number of nitrogens with zero attached hydrogens (tertiary/aromatic N) is 2. The Morgan fingerprint density at radius 3 is 2.54 bits per heavy atom. The van der Waals surface area contributed by atoms with Gasteiger partial charge in [-0.25, -0.2) is 5.10 Å². The number of nitrogens with one attached hydrogen (secondary N) is 2. The number of H-pyrrole nitrogens is 1. The van der Waals surface area contributed by atoms with E-state index in [1.807, 2.05) is 6.07 Å². The lowest BCUT2D eigenvalue weighted by Gasteiger charge is -2.36. The smallest absolute Gasteiger partial charge is 0.271 e. The number of hydrogen-bond donors (Lipinski definition) is 2. The van der Waals surface area contributed by atoms with E-state index in [0.717, 1.165) is 25.9 Å². The fourth-order valence-electron chi connectivity index (χ4n) is 3.10. The van der Waals surface area contributed by atoms with Crippen LogP contribution in [0.1, 0.15) is 41.9 Å². The molecule has 1 atom stereocenters. The third-order valence-corrected chi connectivity index (χ3v) is 4.61. The molecule has 1 fully saturated rings. The SMILES string of the molecule is C[C@@H](c1ccccc1)N1CCC(NC(=O)c2ccc(=O)[nH]n2)CC1. The Bertz CT molecular complexity index is 716. The predicted molar refractivity (Wildman–Crippen MR) is 91.8 cm³/mol. The summed E-state index contributed by atoms with van der Waals surface area (Å²) in [6, 6.07) is 13.7. The van der Waals surface area contributed by atoms with E-state index in [9.17, 15) is 9.59 Å². The van der Waals surface area contributed by atoms with E-state index in [1.165, 1.54) is 17.7 Å². The van der Waals surface area contributed by atoms with Crippen LogP contribution in [0.25, 0.3) is 0 Å². The summed E-state index contributed by atoms with van der Waals surface area (Å²) in [6.45, 7) is 4.11. The highest BCUT2D eigenvalue weighted by molar-refractivity contribution is 5.92. The molecule has 1 aliphatic rings. The van der Waals surface area contributed by atoms with Gasteiger partial charge in [0.1, 0.15) is 5.69 Å². The molecule has 6 heteroatoms. The Labute approximate surface area is 140 Å². The fraction of sp³-hybridized carbons (Fsp3) is 0.389. The van der Waals surface area contributed by atoms with Crippen molar-refractivity contribution in [2.45, 2.75) is 31.8 Å². The van der Waals surface area contributed by atoms with Gasteiger partial charge in [0.05, 0.1) is 0 Å². The Morgan fingerprint density at radius 1 is 1.21 bits per heavy atom. The van der Waals surface area contributed by atoms with Gasteiger partial charge in [-0.1, -0.05) is 30.3 Å². The summed E-state index contributed by atoms with van der Waals surface area (Å²) < 4.78 is 0. The van der Waals surface area contributed by atoms with Gasteiger partial charge < -0.3 is 5.32 Å². The Kier molecular flexibility index (Phi) is 5.05. The zero-order valence-corrected chi connectivity index (χ0v) is 13.7. The first-order chi connectivity index (χ1) is 11.6. The molecule has 0 radical (unpaired) electrons. The van der Waals surface area contributed by atoms with Crippen LogP contribution in [0.4, 0.5) is 0 Å². The summed E-state index contributed by atoms with van der Waals surface area (Å²) in [4.78, 5) is 25.6. The van der Waals surface area contributed by atoms with E-state index in [1.54, 1.807) is 0 Å². The average molecular weight is 326 g/mol. The van der Waals surface area contributed by atoms with Crippen molar-refractivity contribution in [2.24, 2.45) is 0 Å². The topological polar surface area (TPSA) is 78.1 Å². The zero-order valence-electron chi connectivity index (χ0n) is 13.7. The number of carbonyl (C=O) groups excluding carboxylic acids is 1. The predicted octanol–water partition coefficient (Wildman–Crippen LogP) is 1.73. The van der Waals surface area contributed by atoms with Gasteiger partial charge in [0.25, 0.3) is 11.5 Å². The van der Waals surface area contributed by atoms with E-state index < -0.39 is 0 Å². The minimum absolute atomic E-state index is 0.144. The molecule has 0 unspecified atom stereocenters. The highest BCUT2D eigenvalue weighted by Gasteiger charge is 2.24. The van der Waals surface area contributed by atoms with Crippen molar-refractivity contribution < 1.29 is 4.79 Å². The molecule has 1 saturated heterocycles. The van der Waals surface area contributed by atoms with E-state index >= 15 is 0 Å². The van der Waals surface area contributed by atoms with Crippen molar-refractivity contribution in [3.63, 3.8) is 0 Å². The van der Waals surface area contributed by atoms with E-state index in [0.29, 0.717) is 6.04 Å². The molecule has 24 heavy (non-hydrogen) atoms. The van der Waals surface area contributed by atoms with Crippen LogP contribution in [-0.2, 0) is 0 Å². The lowest BCUT2D eigenvalue weighted by molar-refractivity contribution is 0.0890. The molecule has 6 nitrogen and oxygen atoms in total. The fourth-order valence-corrected chi connectivity index (χ4v) is 3.10. The van der Waals surface area contributed by atoms with E-state index in [-0.39, 0.29) is 23.2 Å². The van der Waals surface area contributed by atoms with Crippen LogP contribution in [0.3, 0.4) is 0 Å². The first-order valence-corrected chi connectivity index (χ1v) is 8.29. The molecule has 0 saturated carbocycles. The number of likely N-dealkylation sites (tertiary alicyclic amines) is 1. The molecule has 2 heterocycles. The number of hydrogen-bond acceptors (Lipinski definition) is 4. The summed E-state index contributed by atoms with van der Waals surface area (Å²) in [5.74, 6) is -0.235. The van der Waals surface area contributed by atoms with Crippen molar-refractivity contribution >= 4 is 5.91 Å². The van der Waals surface area contributed by atoms with Gasteiger partial charge in [-0.05, 0) is 31.4 Å². The number of piperidine rings is 1. The molecule has 0 spiro atoms. The van der Waals surface area contributed by atoms with Crippen LogP contribution in [0.15, 0.2) is 47.3 Å². The van der Waals surface area contributed by atoms with Crippen molar-refractivity contribution in [1.29, 1.82) is 0 Å². The van der Waals surface area contributed by atoms with Crippen molar-refractivity contribution in [1.82, 2.24) is 20.4 Å². The average Bonchev–Trinajstić information content (AvgIpc) is 2.63. The molecule has 126 valence electrons. The van der Waals surface area contributed by atoms with Gasteiger partial charge in [-0.3, -0.25) is 14.5 Å². The number of aromatic nitrogens is 2. The van der Waals surface area contributed by atoms with Crippen LogP contribution in [0.2, 0.25) is 0 Å². The molecular formula is C18H22N4O2. The molecule has 2 N–H and O–H groups in total. The maximum atomic E-state index is 12.2. The third-order valence-electron chi connectivity index (χ3n) is 4.61. The lowest BCUT2D eigenvalue weighted by Crippen LogP contribution is -2.45. The quantitative estimate of drug-likeness (QED) is 0.897. The lowest BCUT2D eigenvalue weighted by atomic mass is 10.00. The number of aromatic amines is 1. The van der Waals surface area contributed by atoms with Crippen molar-refractivity contribution in [2.75, 3.05) is 13.1 Å². The minimum atomic E-state index is -0.310. The monoisotopic (exact) mass is 326 g/mol. The van der Waals surface area contributed by atoms with Gasteiger partial charge in [-0.2, -0.15) is 5.10 Å². The van der Waals surface area contributed by atoms with E-state index in [4.69, 9.17) is 0 Å². The van der Waals surface area contributed by atoms with Crippen LogP contribution in [0, 0.1) is 0 Å². The molecule has 3 rings (SSSR count). The van der Waals surface area contributed by atoms with Gasteiger partial charge in [0.2, 0.25) is 0 Å². The highest BCUT2D eigenvalue weighted by atomic mass is 16.2. The first-order valence-electron chi connectivity index (χ1n) is 8.29. The van der Waals surface area contributed by atoms with Gasteiger partial charge in [0.15, 0.2) is 0 Å². The molecule has 1 aromatic carbocycles. The second-order valence-electron chi connectivity index (χ2n) is 6.18. The molecule has 1 aromatic heterocycles. The maximum absolute atomic E-state index is 12.2. The summed E-state index contributed by atoms with van der Waals surface area (Å²) >= 11 is 0. The number of rotatable bonds is 4. The van der Waals surface area contributed by atoms with E-state index in [2.05, 4.69) is 51.6 Å². The minimum Gasteiger partial charge on any atom is -0.348 e. The molecule has 0 aliphatic carbocycles. The molecule has 1 aliphatic heterocycles. The second-order valence-corrected chi connectivity index (χ2v) is 6.18. The van der Waals surface area contributed by atoms with Crippen LogP contribution >= 0.6 is 0 Å². The summed E-state index contributed by atoms with van der Waals surface area (Å²) in [5.41, 5.74) is 1.25.